The number of rotatable bonds is 0. The van der Waals surface area contributed by atoms with E-state index in [4.69, 9.17) is 4.79 Å². The van der Waals surface area contributed by atoms with Gasteiger partial charge in [0.25, 0.3) is 0 Å². The molecule has 0 aliphatic heterocycles. The quantitative estimate of drug-likeness (QED) is 0.446. The van der Waals surface area contributed by atoms with Gasteiger partial charge in [0.1, 0.15) is 0 Å². The van der Waals surface area contributed by atoms with Crippen LogP contribution in [0.4, 0.5) is 0 Å². The molecule has 34 valence electrons. The third-order valence-corrected chi connectivity index (χ3v) is 0. The van der Waals surface area contributed by atoms with Gasteiger partial charge in [0, 0.05) is 41.5 Å². The molecule has 1 nitrogen and oxygen atoms in total. The molecule has 0 fully saturated rings. The molecule has 1 radical (unpaired) electrons. The van der Waals surface area contributed by atoms with Gasteiger partial charge in [0.15, 0.2) is 0 Å². The van der Waals surface area contributed by atoms with Crippen molar-refractivity contribution in [3.8, 4) is 0 Å². The first kappa shape index (κ1) is 16.1. The monoisotopic (exact) mass is 465 g/mol. The van der Waals surface area contributed by atoms with E-state index in [0.29, 0.717) is 0 Å². The minimum absolute atomic E-state index is 0. The Morgan fingerprint density at radius 1 is 1.60 bits per heavy atom. The Balaban J connectivity index is -0.0000000200. The average Bonchev–Trinajstić information content (AvgIpc) is 0.918. The zero-order chi connectivity index (χ0) is 2.71. The van der Waals surface area contributed by atoms with E-state index in [9.17, 15) is 0 Å². The summed E-state index contributed by atoms with van der Waals surface area (Å²) in [6.45, 7) is 0. The topological polar surface area (TPSA) is 17.1 Å². The molecule has 0 rings (SSSR count). The van der Waals surface area contributed by atoms with Gasteiger partial charge in [0.05, 0.1) is 0 Å². The van der Waals surface area contributed by atoms with Crippen molar-refractivity contribution in [3.05, 3.63) is 0 Å². The summed E-state index contributed by atoms with van der Waals surface area (Å²) in [6, 6.07) is 0. The van der Waals surface area contributed by atoms with Crippen LogP contribution in [0.25, 0.3) is 0 Å². The van der Waals surface area contributed by atoms with E-state index in [1.165, 1.54) is 4.79 Å². The molecular formula is CMnOPtRe. The van der Waals surface area contributed by atoms with Crippen LogP contribution in [0.1, 0.15) is 0 Å². The normalized spacial score (nSPS) is 1.60. The van der Waals surface area contributed by atoms with Gasteiger partial charge in [-0.1, -0.05) is 0 Å². The molecule has 0 N–H and O–H groups in total. The summed E-state index contributed by atoms with van der Waals surface area (Å²) >= 11 is 2.34. The Morgan fingerprint density at radius 2 is 1.60 bits per heavy atom. The summed E-state index contributed by atoms with van der Waals surface area (Å²) in [5.74, 6) is 0. The largest absolute Gasteiger partial charge is 0 e. The van der Waals surface area contributed by atoms with Crippen LogP contribution in [0.5, 0.6) is 0 Å². The van der Waals surface area contributed by atoms with E-state index >= 15 is 0 Å². The number of hydrogen-bond donors (Lipinski definition) is 0. The molecule has 5 heavy (non-hydrogen) atoms. The van der Waals surface area contributed by atoms with Crippen LogP contribution in [0, 0.1) is 0 Å². The van der Waals surface area contributed by atoms with Crippen molar-refractivity contribution in [3.63, 3.8) is 0 Å². The molecule has 0 amide bonds. The van der Waals surface area contributed by atoms with E-state index < -0.39 is 0 Å². The number of carbonyl (C=O) groups excluding carboxylic acids is 1. The minimum atomic E-state index is 0. The van der Waals surface area contributed by atoms with E-state index in [1.807, 2.05) is 0 Å². The third-order valence-electron chi connectivity index (χ3n) is 0. The molecule has 0 aliphatic carbocycles. The average molecular weight is 464 g/mol. The van der Waals surface area contributed by atoms with Crippen molar-refractivity contribution >= 4 is 4.79 Å². The van der Waals surface area contributed by atoms with Crippen LogP contribution in [0.3, 0.4) is 0 Å². The van der Waals surface area contributed by atoms with E-state index in [1.54, 1.807) is 0 Å². The second kappa shape index (κ2) is 18.0. The molecule has 4 heteroatoms. The van der Waals surface area contributed by atoms with Crippen molar-refractivity contribution in [1.82, 2.24) is 0 Å². The molecule has 0 aromatic heterocycles. The summed E-state index contributed by atoms with van der Waals surface area (Å²) in [4.78, 5) is 9.91. The summed E-state index contributed by atoms with van der Waals surface area (Å²) in [5.41, 5.74) is 0. The minimum Gasteiger partial charge on any atom is 0 e. The first-order valence-corrected chi connectivity index (χ1v) is 0.983. The summed E-state index contributed by atoms with van der Waals surface area (Å²) in [7, 11) is 0. The Bertz CT molecular complexity index is 32.6. The van der Waals surface area contributed by atoms with Gasteiger partial charge >= 0.3 is 25.2 Å². The molecule has 0 aliphatic rings. The summed E-state index contributed by atoms with van der Waals surface area (Å²) < 4.78 is 0. The maximum atomic E-state index is 8.60. The standard InChI is InChI=1S/CO.Mn.Pt.Re/c1-2;;;. The fourth-order valence-corrected chi connectivity index (χ4v) is 0. The molecule has 0 aromatic rings. The summed E-state index contributed by atoms with van der Waals surface area (Å²) in [6.07, 6.45) is 0. The SMILES string of the molecule is O=[C]=[Mn].[Pt].[Re]. The van der Waals surface area contributed by atoms with Crippen LogP contribution in [0.2, 0.25) is 0 Å². The van der Waals surface area contributed by atoms with Crippen molar-refractivity contribution in [2.45, 2.75) is 0 Å². The van der Waals surface area contributed by atoms with E-state index in [-0.39, 0.29) is 41.5 Å². The van der Waals surface area contributed by atoms with E-state index in [0.717, 1.165) is 0 Å². The molecular weight excluding hydrogens is 464 g/mol. The fourth-order valence-electron chi connectivity index (χ4n) is 0. The molecule has 0 bridgehead atoms. The van der Waals surface area contributed by atoms with Crippen LogP contribution in [-0.4, -0.2) is 4.79 Å². The fraction of sp³-hybridized carbons (Fsp3) is 0. The molecule has 0 saturated carbocycles. The van der Waals surface area contributed by atoms with Gasteiger partial charge in [-0.15, -0.1) is 0 Å². The van der Waals surface area contributed by atoms with Gasteiger partial charge in [0.2, 0.25) is 0 Å². The first-order chi connectivity index (χ1) is 1.41. The molecule has 0 heterocycles. The Hall–Kier alpha value is 1.45. The van der Waals surface area contributed by atoms with Gasteiger partial charge in [-0.05, 0) is 0 Å². The second-order valence-corrected chi connectivity index (χ2v) is 0.318. The molecule has 0 aromatic carbocycles. The summed E-state index contributed by atoms with van der Waals surface area (Å²) in [5, 5.41) is 0. The Kier molecular flexibility index (Phi) is 57.9. The predicted molar refractivity (Wildman–Crippen MR) is 5.69 cm³/mol. The van der Waals surface area contributed by atoms with Gasteiger partial charge in [-0.25, -0.2) is 0 Å². The first-order valence-electron chi connectivity index (χ1n) is 0.393. The van der Waals surface area contributed by atoms with Crippen LogP contribution in [0.15, 0.2) is 0 Å². The van der Waals surface area contributed by atoms with Crippen molar-refractivity contribution in [2.24, 2.45) is 0 Å². The third kappa shape index (κ3) is 30.9. The Morgan fingerprint density at radius 3 is 1.60 bits per heavy atom. The van der Waals surface area contributed by atoms with Crippen LogP contribution >= 0.6 is 0 Å². The van der Waals surface area contributed by atoms with Crippen molar-refractivity contribution < 1.29 is 61.9 Å². The zero-order valence-corrected chi connectivity index (χ0v) is 8.15. The Labute approximate surface area is 66.2 Å². The van der Waals surface area contributed by atoms with Crippen molar-refractivity contribution in [2.75, 3.05) is 0 Å². The van der Waals surface area contributed by atoms with Crippen LogP contribution in [-0.2, 0) is 61.9 Å². The molecule has 0 spiro atoms. The van der Waals surface area contributed by atoms with Gasteiger partial charge in [-0.3, -0.25) is 0 Å². The smallest absolute Gasteiger partial charge is 0 e. The van der Waals surface area contributed by atoms with Crippen molar-refractivity contribution in [1.29, 1.82) is 0 Å². The van der Waals surface area contributed by atoms with Crippen LogP contribution < -0.4 is 0 Å². The zero-order valence-electron chi connectivity index (χ0n) is 1.98. The van der Waals surface area contributed by atoms with Gasteiger partial charge in [-0.2, -0.15) is 0 Å². The molecule has 0 atom stereocenters. The maximum Gasteiger partial charge on any atom is 0 e. The predicted octanol–water partition coefficient (Wildman–Crippen LogP) is -0.405. The molecule has 0 saturated heterocycles. The van der Waals surface area contributed by atoms with Gasteiger partial charge < -0.3 is 0 Å². The second-order valence-electron chi connectivity index (χ2n) is 0.0772. The van der Waals surface area contributed by atoms with E-state index in [2.05, 4.69) is 15.6 Å². The number of hydrogen-bond acceptors (Lipinski definition) is 1. The molecule has 0 unspecified atom stereocenters. The maximum absolute atomic E-state index is 8.60.